The second-order valence-electron chi connectivity index (χ2n) is 8.77. The molecule has 2 N–H and O–H groups in total. The summed E-state index contributed by atoms with van der Waals surface area (Å²) in [5.41, 5.74) is 1.17. The Bertz CT molecular complexity index is 936. The Labute approximate surface area is 205 Å². The predicted molar refractivity (Wildman–Crippen MR) is 135 cm³/mol. The molecule has 0 spiro atoms. The van der Waals surface area contributed by atoms with E-state index in [0.717, 1.165) is 56.4 Å². The van der Waals surface area contributed by atoms with Crippen LogP contribution < -0.4 is 15.5 Å². The van der Waals surface area contributed by atoms with E-state index in [-0.39, 0.29) is 5.41 Å². The number of nitrogens with zero attached hydrogens (tertiary/aromatic N) is 3. The Balaban J connectivity index is 1.43. The SMILES string of the molecule is CC1CCCN(c2cc(Cl)nc(NC(=S)NCC3(c4ccc(Cl)cc4)CCOCC3)n2)C1. The van der Waals surface area contributed by atoms with Crippen molar-refractivity contribution in [3.05, 3.63) is 46.1 Å². The molecule has 1 aromatic heterocycles. The molecule has 1 aromatic carbocycles. The van der Waals surface area contributed by atoms with Crippen LogP contribution in [0.2, 0.25) is 10.2 Å². The molecule has 0 saturated carbocycles. The quantitative estimate of drug-likeness (QED) is 0.445. The van der Waals surface area contributed by atoms with Crippen LogP contribution in [0.3, 0.4) is 0 Å². The average molecular weight is 494 g/mol. The molecule has 0 amide bonds. The summed E-state index contributed by atoms with van der Waals surface area (Å²) >= 11 is 18.0. The molecule has 1 atom stereocenters. The summed E-state index contributed by atoms with van der Waals surface area (Å²) in [5.74, 6) is 1.89. The smallest absolute Gasteiger partial charge is 0.232 e. The number of hydrogen-bond donors (Lipinski definition) is 2. The van der Waals surface area contributed by atoms with Gasteiger partial charge < -0.3 is 20.3 Å². The minimum absolute atomic E-state index is 0.0706. The summed E-state index contributed by atoms with van der Waals surface area (Å²) in [7, 11) is 0. The van der Waals surface area contributed by atoms with Crippen molar-refractivity contribution in [3.8, 4) is 0 Å². The van der Waals surface area contributed by atoms with Gasteiger partial charge in [-0.15, -0.1) is 0 Å². The number of nitrogens with one attached hydrogen (secondary N) is 2. The summed E-state index contributed by atoms with van der Waals surface area (Å²) in [6.07, 6.45) is 4.22. The second kappa shape index (κ2) is 10.5. The molecule has 172 valence electrons. The van der Waals surface area contributed by atoms with Crippen LogP contribution in [0.15, 0.2) is 30.3 Å². The highest BCUT2D eigenvalue weighted by Crippen LogP contribution is 2.35. The molecule has 32 heavy (non-hydrogen) atoms. The summed E-state index contributed by atoms with van der Waals surface area (Å²) in [4.78, 5) is 11.3. The summed E-state index contributed by atoms with van der Waals surface area (Å²) < 4.78 is 5.62. The zero-order valence-corrected chi connectivity index (χ0v) is 20.6. The zero-order chi connectivity index (χ0) is 22.6. The van der Waals surface area contributed by atoms with E-state index in [2.05, 4.69) is 44.6 Å². The van der Waals surface area contributed by atoms with E-state index in [4.69, 9.17) is 40.2 Å². The van der Waals surface area contributed by atoms with Crippen molar-refractivity contribution < 1.29 is 4.74 Å². The lowest BCUT2D eigenvalue weighted by Crippen LogP contribution is -2.45. The molecule has 2 aliphatic heterocycles. The first kappa shape index (κ1) is 23.5. The van der Waals surface area contributed by atoms with Gasteiger partial charge in [-0.2, -0.15) is 4.98 Å². The van der Waals surface area contributed by atoms with E-state index in [1.807, 2.05) is 18.2 Å². The fourth-order valence-electron chi connectivity index (χ4n) is 4.55. The predicted octanol–water partition coefficient (Wildman–Crippen LogP) is 5.05. The van der Waals surface area contributed by atoms with Gasteiger partial charge in [0.25, 0.3) is 0 Å². The van der Waals surface area contributed by atoms with E-state index in [1.165, 1.54) is 12.0 Å². The molecular formula is C23H29Cl2N5OS. The van der Waals surface area contributed by atoms with Crippen LogP contribution in [0.25, 0.3) is 0 Å². The molecule has 1 unspecified atom stereocenters. The highest BCUT2D eigenvalue weighted by atomic mass is 35.5. The van der Waals surface area contributed by atoms with Gasteiger partial charge >= 0.3 is 0 Å². The van der Waals surface area contributed by atoms with E-state index in [9.17, 15) is 0 Å². The minimum atomic E-state index is -0.0706. The number of hydrogen-bond acceptors (Lipinski definition) is 5. The molecule has 2 fully saturated rings. The first-order chi connectivity index (χ1) is 15.4. The van der Waals surface area contributed by atoms with Gasteiger partial charge in [0, 0.05) is 49.4 Å². The molecule has 3 heterocycles. The van der Waals surface area contributed by atoms with Crippen molar-refractivity contribution in [3.63, 3.8) is 0 Å². The van der Waals surface area contributed by atoms with Crippen molar-refractivity contribution in [2.24, 2.45) is 5.92 Å². The molecule has 2 saturated heterocycles. The van der Waals surface area contributed by atoms with Crippen molar-refractivity contribution >= 4 is 52.3 Å². The van der Waals surface area contributed by atoms with E-state index in [0.29, 0.717) is 28.7 Å². The topological polar surface area (TPSA) is 62.3 Å². The number of piperidine rings is 1. The lowest BCUT2D eigenvalue weighted by Gasteiger charge is -2.38. The van der Waals surface area contributed by atoms with Gasteiger partial charge in [0.2, 0.25) is 5.95 Å². The minimum Gasteiger partial charge on any atom is -0.381 e. The lowest BCUT2D eigenvalue weighted by molar-refractivity contribution is 0.0515. The number of rotatable bonds is 5. The first-order valence-electron chi connectivity index (χ1n) is 11.1. The fraction of sp³-hybridized carbons (Fsp3) is 0.522. The lowest BCUT2D eigenvalue weighted by atomic mass is 9.74. The maximum Gasteiger partial charge on any atom is 0.232 e. The van der Waals surface area contributed by atoms with Crippen LogP contribution in [0.5, 0.6) is 0 Å². The van der Waals surface area contributed by atoms with Crippen LogP contribution in [0.1, 0.15) is 38.2 Å². The third-order valence-corrected chi connectivity index (χ3v) is 7.07. The van der Waals surface area contributed by atoms with Gasteiger partial charge in [0.05, 0.1) is 0 Å². The van der Waals surface area contributed by atoms with Crippen LogP contribution in [0.4, 0.5) is 11.8 Å². The molecule has 0 radical (unpaired) electrons. The standard InChI is InChI=1S/C23H29Cl2N5OS/c1-16-3-2-10-30(14-16)20-13-19(25)27-21(28-20)29-22(32)26-15-23(8-11-31-12-9-23)17-4-6-18(24)7-5-17/h4-7,13,16H,2-3,8-12,14-15H2,1H3,(H2,26,27,28,29,32). The normalized spacial score (nSPS) is 20.6. The highest BCUT2D eigenvalue weighted by Gasteiger charge is 2.34. The molecular weight excluding hydrogens is 465 g/mol. The third-order valence-electron chi connectivity index (χ3n) is 6.38. The van der Waals surface area contributed by atoms with Crippen LogP contribution in [-0.2, 0) is 10.2 Å². The van der Waals surface area contributed by atoms with Gasteiger partial charge in [-0.05, 0) is 61.5 Å². The maximum atomic E-state index is 6.30. The highest BCUT2D eigenvalue weighted by molar-refractivity contribution is 7.80. The summed E-state index contributed by atoms with van der Waals surface area (Å²) in [6, 6.07) is 9.88. The average Bonchev–Trinajstić information content (AvgIpc) is 2.78. The number of anilines is 2. The Morgan fingerprint density at radius 1 is 1.22 bits per heavy atom. The number of aromatic nitrogens is 2. The van der Waals surface area contributed by atoms with Crippen LogP contribution in [0, 0.1) is 5.92 Å². The molecule has 9 heteroatoms. The van der Waals surface area contributed by atoms with E-state index < -0.39 is 0 Å². The van der Waals surface area contributed by atoms with Gasteiger partial charge in [-0.3, -0.25) is 0 Å². The largest absolute Gasteiger partial charge is 0.381 e. The number of ether oxygens (including phenoxy) is 1. The summed E-state index contributed by atoms with van der Waals surface area (Å²) in [5, 5.41) is 8.12. The van der Waals surface area contributed by atoms with Gasteiger partial charge in [-0.1, -0.05) is 42.3 Å². The van der Waals surface area contributed by atoms with Crippen LogP contribution >= 0.6 is 35.4 Å². The zero-order valence-electron chi connectivity index (χ0n) is 18.2. The monoisotopic (exact) mass is 493 g/mol. The fourth-order valence-corrected chi connectivity index (χ4v) is 5.02. The van der Waals surface area contributed by atoms with Crippen molar-refractivity contribution in [1.29, 1.82) is 0 Å². The second-order valence-corrected chi connectivity index (χ2v) is 10.0. The van der Waals surface area contributed by atoms with E-state index in [1.54, 1.807) is 0 Å². The molecule has 2 aliphatic rings. The summed E-state index contributed by atoms with van der Waals surface area (Å²) in [6.45, 7) is 6.34. The molecule has 6 nitrogen and oxygen atoms in total. The van der Waals surface area contributed by atoms with Crippen LogP contribution in [-0.4, -0.2) is 47.9 Å². The van der Waals surface area contributed by atoms with Crippen molar-refractivity contribution in [2.45, 2.75) is 38.0 Å². The van der Waals surface area contributed by atoms with Crippen molar-refractivity contribution in [2.75, 3.05) is 43.1 Å². The number of halogens is 2. The Morgan fingerprint density at radius 2 is 1.97 bits per heavy atom. The molecule has 2 aromatic rings. The molecule has 4 rings (SSSR count). The number of benzene rings is 1. The number of thiocarbonyl (C=S) groups is 1. The van der Waals surface area contributed by atoms with Gasteiger partial charge in [0.1, 0.15) is 11.0 Å². The van der Waals surface area contributed by atoms with Crippen molar-refractivity contribution in [1.82, 2.24) is 15.3 Å². The third kappa shape index (κ3) is 5.81. The Morgan fingerprint density at radius 3 is 2.69 bits per heavy atom. The Hall–Kier alpha value is -1.67. The molecule has 0 bridgehead atoms. The first-order valence-corrected chi connectivity index (χ1v) is 12.3. The maximum absolute atomic E-state index is 6.30. The van der Waals surface area contributed by atoms with Gasteiger partial charge in [0.15, 0.2) is 5.11 Å². The van der Waals surface area contributed by atoms with Gasteiger partial charge in [-0.25, -0.2) is 4.98 Å². The van der Waals surface area contributed by atoms with E-state index >= 15 is 0 Å². The Kier molecular flexibility index (Phi) is 7.71. The molecule has 0 aliphatic carbocycles.